The lowest BCUT2D eigenvalue weighted by Gasteiger charge is -2.04. The second kappa shape index (κ2) is 5.53. The second-order valence-corrected chi connectivity index (χ2v) is 1.74. The zero-order valence-electron chi connectivity index (χ0n) is 6.79. The average Bonchev–Trinajstić information content (AvgIpc) is 2.05. The molecule has 0 fully saturated rings. The van der Waals surface area contributed by atoms with Gasteiger partial charge in [0.2, 0.25) is 5.76 Å². The van der Waals surface area contributed by atoms with Crippen LogP contribution in [0.5, 0.6) is 0 Å². The smallest absolute Gasteiger partial charge is 0.372 e. The Balaban J connectivity index is 3.97. The number of ether oxygens (including phenoxy) is 2. The fourth-order valence-electron chi connectivity index (χ4n) is 0.509. The number of carbonyl (C=O) groups excluding carboxylic acids is 1. The first-order valence-electron chi connectivity index (χ1n) is 3.24. The lowest BCUT2D eigenvalue weighted by molar-refractivity contribution is -0.139. The van der Waals surface area contributed by atoms with Gasteiger partial charge in [0.05, 0.1) is 7.11 Å². The summed E-state index contributed by atoms with van der Waals surface area (Å²) in [5.74, 6) is -0.248. The molecule has 0 aliphatic carbocycles. The molecule has 0 rings (SSSR count). The van der Waals surface area contributed by atoms with Gasteiger partial charge in [0.15, 0.2) is 0 Å². The molecule has 0 N–H and O–H groups in total. The SMILES string of the molecule is C=CCOC(=CC)C(=O)OC. The fraction of sp³-hybridized carbons (Fsp3) is 0.375. The maximum Gasteiger partial charge on any atom is 0.372 e. The van der Waals surface area contributed by atoms with E-state index in [1.807, 2.05) is 0 Å². The van der Waals surface area contributed by atoms with Gasteiger partial charge in [-0.25, -0.2) is 4.79 Å². The lowest BCUT2D eigenvalue weighted by atomic mass is 10.4. The molecule has 0 heterocycles. The van der Waals surface area contributed by atoms with Crippen molar-refractivity contribution < 1.29 is 14.3 Å². The Labute approximate surface area is 66.3 Å². The Morgan fingerprint density at radius 3 is 2.64 bits per heavy atom. The van der Waals surface area contributed by atoms with Crippen LogP contribution < -0.4 is 0 Å². The minimum atomic E-state index is -0.464. The molecule has 3 heteroatoms. The zero-order valence-corrected chi connectivity index (χ0v) is 6.79. The molecule has 0 bridgehead atoms. The topological polar surface area (TPSA) is 35.5 Å². The van der Waals surface area contributed by atoms with Gasteiger partial charge >= 0.3 is 5.97 Å². The van der Waals surface area contributed by atoms with Gasteiger partial charge in [-0.2, -0.15) is 0 Å². The van der Waals surface area contributed by atoms with E-state index in [4.69, 9.17) is 4.74 Å². The Morgan fingerprint density at radius 1 is 1.64 bits per heavy atom. The third kappa shape index (κ3) is 3.45. The number of esters is 1. The molecule has 0 unspecified atom stereocenters. The lowest BCUT2D eigenvalue weighted by Crippen LogP contribution is -2.07. The van der Waals surface area contributed by atoms with Crippen molar-refractivity contribution in [3.05, 3.63) is 24.5 Å². The van der Waals surface area contributed by atoms with E-state index in [-0.39, 0.29) is 5.76 Å². The highest BCUT2D eigenvalue weighted by Crippen LogP contribution is 1.98. The Kier molecular flexibility index (Phi) is 4.90. The first-order chi connectivity index (χ1) is 5.26. The minimum Gasteiger partial charge on any atom is -0.483 e. The molecule has 0 saturated heterocycles. The normalized spacial score (nSPS) is 10.5. The monoisotopic (exact) mass is 156 g/mol. The number of allylic oxidation sites excluding steroid dienone is 1. The third-order valence-corrected chi connectivity index (χ3v) is 1.01. The van der Waals surface area contributed by atoms with Gasteiger partial charge < -0.3 is 9.47 Å². The van der Waals surface area contributed by atoms with E-state index in [0.29, 0.717) is 6.61 Å². The van der Waals surface area contributed by atoms with Crippen LogP contribution >= 0.6 is 0 Å². The maximum absolute atomic E-state index is 10.8. The summed E-state index contributed by atoms with van der Waals surface area (Å²) in [6.07, 6.45) is 3.11. The predicted octanol–water partition coefficient (Wildman–Crippen LogP) is 1.27. The quantitative estimate of drug-likeness (QED) is 0.266. The molecule has 11 heavy (non-hydrogen) atoms. The summed E-state index contributed by atoms with van der Waals surface area (Å²) in [4.78, 5) is 10.8. The molecule has 0 amide bonds. The van der Waals surface area contributed by atoms with Crippen LogP contribution in [0.4, 0.5) is 0 Å². The van der Waals surface area contributed by atoms with E-state index >= 15 is 0 Å². The summed E-state index contributed by atoms with van der Waals surface area (Å²) in [5.41, 5.74) is 0. The van der Waals surface area contributed by atoms with E-state index in [2.05, 4.69) is 11.3 Å². The highest BCUT2D eigenvalue weighted by molar-refractivity contribution is 5.85. The second-order valence-electron chi connectivity index (χ2n) is 1.74. The van der Waals surface area contributed by atoms with Gasteiger partial charge in [0.1, 0.15) is 6.61 Å². The van der Waals surface area contributed by atoms with Crippen LogP contribution in [-0.4, -0.2) is 19.7 Å². The Bertz CT molecular complexity index is 170. The summed E-state index contributed by atoms with van der Waals surface area (Å²) >= 11 is 0. The molecule has 0 aliphatic rings. The van der Waals surface area contributed by atoms with Crippen molar-refractivity contribution in [3.8, 4) is 0 Å². The largest absolute Gasteiger partial charge is 0.483 e. The van der Waals surface area contributed by atoms with Crippen molar-refractivity contribution in [1.82, 2.24) is 0 Å². The summed E-state index contributed by atoms with van der Waals surface area (Å²) in [6.45, 7) is 5.47. The molecule has 0 radical (unpaired) electrons. The van der Waals surface area contributed by atoms with Crippen molar-refractivity contribution >= 4 is 5.97 Å². The summed E-state index contributed by atoms with van der Waals surface area (Å²) in [5, 5.41) is 0. The van der Waals surface area contributed by atoms with Gasteiger partial charge in [-0.1, -0.05) is 12.7 Å². The first kappa shape index (κ1) is 9.75. The van der Waals surface area contributed by atoms with E-state index in [1.54, 1.807) is 19.1 Å². The number of rotatable bonds is 4. The summed E-state index contributed by atoms with van der Waals surface area (Å²) in [6, 6.07) is 0. The molecule has 0 spiro atoms. The number of carbonyl (C=O) groups is 1. The fourth-order valence-corrected chi connectivity index (χ4v) is 0.509. The molecule has 0 aromatic heterocycles. The number of hydrogen-bond donors (Lipinski definition) is 0. The van der Waals surface area contributed by atoms with Crippen LogP contribution in [0.25, 0.3) is 0 Å². The van der Waals surface area contributed by atoms with Crippen LogP contribution in [0.3, 0.4) is 0 Å². The highest BCUT2D eigenvalue weighted by Gasteiger charge is 2.07. The standard InChI is InChI=1S/C8H12O3/c1-4-6-11-7(5-2)8(9)10-3/h4-5H,1,6H2,2-3H3. The van der Waals surface area contributed by atoms with Gasteiger partial charge in [-0.05, 0) is 13.0 Å². The van der Waals surface area contributed by atoms with E-state index in [9.17, 15) is 4.79 Å². The van der Waals surface area contributed by atoms with Gasteiger partial charge in [0.25, 0.3) is 0 Å². The van der Waals surface area contributed by atoms with E-state index in [0.717, 1.165) is 0 Å². The molecule has 3 nitrogen and oxygen atoms in total. The van der Waals surface area contributed by atoms with Crippen LogP contribution in [-0.2, 0) is 14.3 Å². The van der Waals surface area contributed by atoms with Crippen LogP contribution in [0.2, 0.25) is 0 Å². The first-order valence-corrected chi connectivity index (χ1v) is 3.24. The molecule has 0 atom stereocenters. The minimum absolute atomic E-state index is 0.215. The van der Waals surface area contributed by atoms with Gasteiger partial charge in [-0.15, -0.1) is 0 Å². The van der Waals surface area contributed by atoms with Crippen molar-refractivity contribution in [2.45, 2.75) is 6.92 Å². The molecule has 0 aromatic carbocycles. The Morgan fingerprint density at radius 2 is 2.27 bits per heavy atom. The zero-order chi connectivity index (χ0) is 8.69. The Hall–Kier alpha value is -1.25. The van der Waals surface area contributed by atoms with Crippen molar-refractivity contribution in [3.63, 3.8) is 0 Å². The van der Waals surface area contributed by atoms with Crippen LogP contribution in [0.1, 0.15) is 6.92 Å². The molecule has 62 valence electrons. The van der Waals surface area contributed by atoms with Crippen molar-refractivity contribution in [2.24, 2.45) is 0 Å². The molecule has 0 aliphatic heterocycles. The number of methoxy groups -OCH3 is 1. The van der Waals surface area contributed by atoms with Crippen molar-refractivity contribution in [2.75, 3.05) is 13.7 Å². The van der Waals surface area contributed by atoms with Gasteiger partial charge in [0, 0.05) is 0 Å². The molecule has 0 saturated carbocycles. The van der Waals surface area contributed by atoms with Crippen molar-refractivity contribution in [1.29, 1.82) is 0 Å². The highest BCUT2D eigenvalue weighted by atomic mass is 16.6. The van der Waals surface area contributed by atoms with Gasteiger partial charge in [-0.3, -0.25) is 0 Å². The number of hydrogen-bond acceptors (Lipinski definition) is 3. The third-order valence-electron chi connectivity index (χ3n) is 1.01. The maximum atomic E-state index is 10.8. The van der Waals surface area contributed by atoms with Crippen LogP contribution in [0.15, 0.2) is 24.5 Å². The van der Waals surface area contributed by atoms with E-state index in [1.165, 1.54) is 7.11 Å². The molecular formula is C8H12O3. The summed E-state index contributed by atoms with van der Waals surface area (Å²) in [7, 11) is 1.31. The molecule has 0 aromatic rings. The average molecular weight is 156 g/mol. The molecular weight excluding hydrogens is 144 g/mol. The van der Waals surface area contributed by atoms with Crippen LogP contribution in [0, 0.1) is 0 Å². The van der Waals surface area contributed by atoms with E-state index < -0.39 is 5.97 Å². The summed E-state index contributed by atoms with van der Waals surface area (Å²) < 4.78 is 9.40. The predicted molar refractivity (Wildman–Crippen MR) is 41.9 cm³/mol.